The number of benzene rings is 11. The smallest absolute Gasteiger partial charge is 0.0713 e. The van der Waals surface area contributed by atoms with Gasteiger partial charge in [0, 0.05) is 31.2 Å². The average molecular weight is 887 g/mol. The lowest BCUT2D eigenvalue weighted by Gasteiger charge is -2.34. The lowest BCUT2D eigenvalue weighted by atomic mass is 9.67. The number of hydrogen-bond acceptors (Lipinski definition) is 0. The Bertz CT molecular complexity index is 3950. The van der Waals surface area contributed by atoms with E-state index >= 15 is 0 Å². The summed E-state index contributed by atoms with van der Waals surface area (Å²) in [6.07, 6.45) is 0. The molecule has 0 nitrogen and oxygen atoms in total. The fourth-order valence-corrected chi connectivity index (χ4v) is 16.5. The van der Waals surface area contributed by atoms with Crippen LogP contribution in [0.15, 0.2) is 231 Å². The summed E-state index contributed by atoms with van der Waals surface area (Å²) < 4.78 is 0. The van der Waals surface area contributed by atoms with Crippen molar-refractivity contribution in [3.8, 4) is 44.5 Å². The Morgan fingerprint density at radius 1 is 0.269 bits per heavy atom. The molecule has 0 bridgehead atoms. The van der Waals surface area contributed by atoms with Crippen molar-refractivity contribution in [1.82, 2.24) is 0 Å². The maximum Gasteiger partial charge on any atom is 0.0713 e. The molecule has 2 aromatic heterocycles. The Hall–Kier alpha value is -7.46. The third-order valence-corrected chi connectivity index (χ3v) is 19.7. The van der Waals surface area contributed by atoms with Gasteiger partial charge in [-0.2, -0.15) is 0 Å². The minimum absolute atomic E-state index is 0.455. The van der Waals surface area contributed by atoms with Crippen LogP contribution in [0, 0.1) is 0 Å². The molecule has 13 aromatic rings. The van der Waals surface area contributed by atoms with Gasteiger partial charge in [-0.1, -0.05) is 224 Å². The first kappa shape index (κ1) is 38.8. The predicted octanol–water partition coefficient (Wildman–Crippen LogP) is 19.0. The molecule has 0 fully saturated rings. The van der Waals surface area contributed by atoms with Gasteiger partial charge >= 0.3 is 0 Å². The molecule has 2 heteroatoms. The molecule has 0 saturated heterocycles. The van der Waals surface area contributed by atoms with Gasteiger partial charge in [-0.25, -0.2) is 0 Å². The van der Waals surface area contributed by atoms with Crippen molar-refractivity contribution in [3.05, 3.63) is 253 Å². The van der Waals surface area contributed by atoms with Gasteiger partial charge in [0.25, 0.3) is 0 Å². The van der Waals surface area contributed by atoms with Crippen LogP contribution < -0.4 is 0 Å². The van der Waals surface area contributed by atoms with E-state index in [1.165, 1.54) is 130 Å². The molecule has 67 heavy (non-hydrogen) atoms. The molecule has 2 atom stereocenters. The van der Waals surface area contributed by atoms with E-state index in [9.17, 15) is 0 Å². The zero-order valence-electron chi connectivity index (χ0n) is 37.3. The normalized spacial score (nSPS) is 13.6. The van der Waals surface area contributed by atoms with Crippen molar-refractivity contribution in [3.63, 3.8) is 0 Å². The van der Waals surface area contributed by atoms with Gasteiger partial charge in [0.1, 0.15) is 0 Å². The number of fused-ring (bicyclic) bond motifs is 11. The summed E-state index contributed by atoms with van der Waals surface area (Å²) in [5.41, 5.74) is 15.0. The molecular formula is C65H44P2. The summed E-state index contributed by atoms with van der Waals surface area (Å²) in [6.45, 7) is 4.87. The quantitative estimate of drug-likeness (QED) is 0.151. The molecule has 11 aromatic carbocycles. The summed E-state index contributed by atoms with van der Waals surface area (Å²) in [4.78, 5) is 0. The zero-order chi connectivity index (χ0) is 44.4. The molecule has 0 aliphatic heterocycles. The number of hydrogen-bond donors (Lipinski definition) is 0. The van der Waals surface area contributed by atoms with Crippen LogP contribution in [0.25, 0.3) is 108 Å². The monoisotopic (exact) mass is 886 g/mol. The first-order valence-corrected chi connectivity index (χ1v) is 27.0. The average Bonchev–Trinajstić information content (AvgIpc) is 3.99. The molecule has 0 N–H and O–H groups in total. The summed E-state index contributed by atoms with van der Waals surface area (Å²) in [5, 5.41) is 16.5. The van der Waals surface area contributed by atoms with Gasteiger partial charge in [0.05, 0.1) is 5.41 Å². The van der Waals surface area contributed by atoms with Crippen molar-refractivity contribution in [2.75, 3.05) is 0 Å². The molecule has 2 heterocycles. The second kappa shape index (κ2) is 14.8. The highest BCUT2D eigenvalue weighted by atomic mass is 31.1. The fourth-order valence-electron chi connectivity index (χ4n) is 12.5. The first-order chi connectivity index (χ1) is 33.1. The van der Waals surface area contributed by atoms with E-state index in [2.05, 4.69) is 244 Å². The van der Waals surface area contributed by atoms with Crippen molar-refractivity contribution in [2.45, 2.75) is 5.41 Å². The minimum Gasteiger partial charge on any atom is -0.112 e. The van der Waals surface area contributed by atoms with Gasteiger partial charge in [0.15, 0.2) is 0 Å². The summed E-state index contributed by atoms with van der Waals surface area (Å²) >= 11 is 0. The van der Waals surface area contributed by atoms with E-state index in [0.29, 0.717) is 0 Å². The van der Waals surface area contributed by atoms with E-state index in [1.807, 2.05) is 0 Å². The molecule has 0 radical (unpaired) electrons. The summed E-state index contributed by atoms with van der Waals surface area (Å²) in [7, 11) is -0.910. The highest BCUT2D eigenvalue weighted by Crippen LogP contribution is 2.60. The van der Waals surface area contributed by atoms with Crippen molar-refractivity contribution < 1.29 is 0 Å². The van der Waals surface area contributed by atoms with Crippen LogP contribution in [0.5, 0.6) is 0 Å². The van der Waals surface area contributed by atoms with Crippen molar-refractivity contribution in [2.24, 2.45) is 13.3 Å². The molecule has 0 amide bonds. The van der Waals surface area contributed by atoms with Crippen LogP contribution in [-0.2, 0) is 18.7 Å². The van der Waals surface area contributed by atoms with Crippen molar-refractivity contribution in [1.29, 1.82) is 0 Å². The topological polar surface area (TPSA) is 0 Å². The number of rotatable bonds is 5. The molecule has 0 saturated carbocycles. The largest absolute Gasteiger partial charge is 0.112 e. The van der Waals surface area contributed by atoms with Crippen LogP contribution in [0.4, 0.5) is 0 Å². The third-order valence-electron chi connectivity index (χ3n) is 15.2. The second-order valence-electron chi connectivity index (χ2n) is 18.4. The third kappa shape index (κ3) is 5.32. The molecular weight excluding hydrogens is 843 g/mol. The first-order valence-electron chi connectivity index (χ1n) is 23.4. The molecule has 314 valence electrons. The van der Waals surface area contributed by atoms with E-state index < -0.39 is 20.5 Å². The van der Waals surface area contributed by atoms with E-state index in [4.69, 9.17) is 0 Å². The van der Waals surface area contributed by atoms with Gasteiger partial charge in [-0.05, 0) is 118 Å². The summed E-state index contributed by atoms with van der Waals surface area (Å²) in [6, 6.07) is 87.9. The zero-order valence-corrected chi connectivity index (χ0v) is 39.1. The van der Waals surface area contributed by atoms with Crippen LogP contribution in [-0.4, -0.2) is 0 Å². The lowest BCUT2D eigenvalue weighted by molar-refractivity contribution is 0.768. The Balaban J connectivity index is 1.16. The van der Waals surface area contributed by atoms with Gasteiger partial charge in [-0.15, -0.1) is 15.1 Å². The van der Waals surface area contributed by atoms with Crippen molar-refractivity contribution >= 4 is 78.6 Å². The molecule has 14 rings (SSSR count). The molecule has 1 aliphatic rings. The van der Waals surface area contributed by atoms with Gasteiger partial charge in [-0.3, -0.25) is 0 Å². The fraction of sp³-hybridized carbons (Fsp3) is 0.0462. The maximum absolute atomic E-state index is 2.55. The Kier molecular flexibility index (Phi) is 8.55. The minimum atomic E-state index is -0.506. The molecule has 1 aliphatic carbocycles. The highest BCUT2D eigenvalue weighted by Gasteiger charge is 2.47. The van der Waals surface area contributed by atoms with Crippen LogP contribution in [0.2, 0.25) is 0 Å². The predicted molar refractivity (Wildman–Crippen MR) is 292 cm³/mol. The SMILES string of the molecule is Cp1c2ccccc2c2c(-c3cccc4c(-c5cccc6c5-c5ccccc5C6(c5ccccc5)c5ccccc5)c5cccc(-c6cccc7c6c6ccccc6p7C)c5cc34)cccc21. The molecule has 2 unspecified atom stereocenters. The lowest BCUT2D eigenvalue weighted by Crippen LogP contribution is -2.28. The standard InChI is InChI=1S/C65H44P2/c1-66-57-36-13-10-25-50(57)63-45(31-18-38-59(63)66)43-27-15-29-47-53(43)40-54-44(46-32-19-39-60-64(46)51-26-11-14-37-58(51)67(60)2)28-16-30-48(54)61(47)52-33-17-35-56-62(52)49-24-9-12-34-55(49)65(56,41-20-5-3-6-21-41)42-22-7-4-8-23-42/h3-40H,1-2H3. The van der Waals surface area contributed by atoms with Gasteiger partial charge in [0.2, 0.25) is 0 Å². The summed E-state index contributed by atoms with van der Waals surface area (Å²) in [5.74, 6) is 0. The highest BCUT2D eigenvalue weighted by molar-refractivity contribution is 7.60. The van der Waals surface area contributed by atoms with Crippen LogP contribution in [0.1, 0.15) is 22.3 Å². The maximum atomic E-state index is 2.55. The van der Waals surface area contributed by atoms with Crippen LogP contribution >= 0.6 is 15.1 Å². The van der Waals surface area contributed by atoms with E-state index in [0.717, 1.165) is 0 Å². The Morgan fingerprint density at radius 2 is 0.657 bits per heavy atom. The Labute approximate surface area is 392 Å². The molecule has 0 spiro atoms. The van der Waals surface area contributed by atoms with E-state index in [-0.39, 0.29) is 0 Å². The van der Waals surface area contributed by atoms with Gasteiger partial charge < -0.3 is 0 Å². The second-order valence-corrected chi connectivity index (χ2v) is 22.5. The van der Waals surface area contributed by atoms with Crippen LogP contribution in [0.3, 0.4) is 0 Å². The van der Waals surface area contributed by atoms with E-state index in [1.54, 1.807) is 0 Å². The number of aryl methyl sites for hydroxylation is 2. The Morgan fingerprint density at radius 3 is 1.22 bits per heavy atom.